The second kappa shape index (κ2) is 6.86. The fourth-order valence-electron chi connectivity index (χ4n) is 1.57. The molecule has 18 heavy (non-hydrogen) atoms. The zero-order valence-corrected chi connectivity index (χ0v) is 11.0. The maximum atomic E-state index is 11.8. The highest BCUT2D eigenvalue weighted by molar-refractivity contribution is 5.78. The quantitative estimate of drug-likeness (QED) is 0.810. The van der Waals surface area contributed by atoms with Gasteiger partial charge in [-0.1, -0.05) is 6.07 Å². The van der Waals surface area contributed by atoms with Gasteiger partial charge in [-0.25, -0.2) is 0 Å². The van der Waals surface area contributed by atoms with Gasteiger partial charge in [0.1, 0.15) is 0 Å². The minimum absolute atomic E-state index is 0.0336. The number of amides is 1. The van der Waals surface area contributed by atoms with Crippen LogP contribution in [0.1, 0.15) is 5.56 Å². The van der Waals surface area contributed by atoms with Gasteiger partial charge in [0.2, 0.25) is 5.91 Å². The van der Waals surface area contributed by atoms with Crippen molar-refractivity contribution in [3.63, 3.8) is 0 Å². The largest absolute Gasteiger partial charge is 0.493 e. The number of methoxy groups -OCH3 is 2. The van der Waals surface area contributed by atoms with Crippen molar-refractivity contribution in [1.29, 1.82) is 0 Å². The molecular weight excluding hydrogens is 234 g/mol. The molecule has 1 amide bonds. The fraction of sp³-hybridized carbons (Fsp3) is 0.462. The van der Waals surface area contributed by atoms with Gasteiger partial charge < -0.3 is 19.5 Å². The van der Waals surface area contributed by atoms with Crippen molar-refractivity contribution < 1.29 is 19.4 Å². The molecule has 0 aliphatic rings. The summed E-state index contributed by atoms with van der Waals surface area (Å²) in [5.41, 5.74) is 0.849. The molecule has 0 radical (unpaired) electrons. The Hall–Kier alpha value is -1.75. The first-order chi connectivity index (χ1) is 8.62. The lowest BCUT2D eigenvalue weighted by atomic mass is 10.1. The molecule has 100 valence electrons. The number of aliphatic hydroxyl groups excluding tert-OH is 1. The molecule has 0 saturated carbocycles. The van der Waals surface area contributed by atoms with Crippen LogP contribution in [-0.2, 0) is 11.2 Å². The molecule has 0 unspecified atom stereocenters. The summed E-state index contributed by atoms with van der Waals surface area (Å²) in [6.07, 6.45) is 0.275. The van der Waals surface area contributed by atoms with Crippen LogP contribution in [0.3, 0.4) is 0 Å². The zero-order chi connectivity index (χ0) is 13.5. The number of aliphatic hydroxyl groups is 1. The summed E-state index contributed by atoms with van der Waals surface area (Å²) < 4.78 is 10.3. The van der Waals surface area contributed by atoms with Gasteiger partial charge in [-0.3, -0.25) is 4.79 Å². The zero-order valence-electron chi connectivity index (χ0n) is 11.0. The van der Waals surface area contributed by atoms with Crippen LogP contribution in [0.25, 0.3) is 0 Å². The predicted molar refractivity (Wildman–Crippen MR) is 68.0 cm³/mol. The number of carbonyl (C=O) groups is 1. The van der Waals surface area contributed by atoms with E-state index < -0.39 is 0 Å². The monoisotopic (exact) mass is 253 g/mol. The molecule has 1 aromatic rings. The van der Waals surface area contributed by atoms with E-state index in [0.29, 0.717) is 18.0 Å². The highest BCUT2D eigenvalue weighted by Gasteiger charge is 2.11. The Balaban J connectivity index is 2.76. The van der Waals surface area contributed by atoms with Gasteiger partial charge in [-0.15, -0.1) is 0 Å². The van der Waals surface area contributed by atoms with Gasteiger partial charge >= 0.3 is 0 Å². The van der Waals surface area contributed by atoms with Gasteiger partial charge in [0.15, 0.2) is 11.5 Å². The molecule has 1 rings (SSSR count). The second-order valence-electron chi connectivity index (χ2n) is 3.91. The summed E-state index contributed by atoms with van der Waals surface area (Å²) >= 11 is 0. The van der Waals surface area contributed by atoms with Crippen LogP contribution < -0.4 is 9.47 Å². The summed E-state index contributed by atoms with van der Waals surface area (Å²) in [6, 6.07) is 5.38. The third kappa shape index (κ3) is 3.63. The van der Waals surface area contributed by atoms with Gasteiger partial charge in [-0.2, -0.15) is 0 Å². The lowest BCUT2D eigenvalue weighted by molar-refractivity contribution is -0.129. The van der Waals surface area contributed by atoms with Crippen LogP contribution in [0.5, 0.6) is 11.5 Å². The topological polar surface area (TPSA) is 59.0 Å². The highest BCUT2D eigenvalue weighted by atomic mass is 16.5. The van der Waals surface area contributed by atoms with Crippen molar-refractivity contribution >= 4 is 5.91 Å². The van der Waals surface area contributed by atoms with E-state index in [1.165, 1.54) is 4.90 Å². The van der Waals surface area contributed by atoms with Crippen LogP contribution in [0.4, 0.5) is 0 Å². The number of likely N-dealkylation sites (N-methyl/N-ethyl adjacent to an activating group) is 1. The molecular formula is C13H19NO4. The highest BCUT2D eigenvalue weighted by Crippen LogP contribution is 2.27. The van der Waals surface area contributed by atoms with E-state index >= 15 is 0 Å². The van der Waals surface area contributed by atoms with Gasteiger partial charge in [0.05, 0.1) is 27.2 Å². The maximum absolute atomic E-state index is 11.8. The number of nitrogens with zero attached hydrogens (tertiary/aromatic N) is 1. The first-order valence-corrected chi connectivity index (χ1v) is 5.68. The molecule has 0 aliphatic carbocycles. The number of benzene rings is 1. The first kappa shape index (κ1) is 14.3. The van der Waals surface area contributed by atoms with Crippen molar-refractivity contribution in [3.05, 3.63) is 23.8 Å². The molecule has 5 heteroatoms. The Morgan fingerprint density at radius 3 is 2.50 bits per heavy atom. The third-order valence-corrected chi connectivity index (χ3v) is 2.66. The summed E-state index contributed by atoms with van der Waals surface area (Å²) in [5, 5.41) is 8.77. The minimum Gasteiger partial charge on any atom is -0.493 e. The van der Waals surface area contributed by atoms with E-state index in [1.54, 1.807) is 33.4 Å². The van der Waals surface area contributed by atoms with E-state index in [9.17, 15) is 4.79 Å². The average Bonchev–Trinajstić information content (AvgIpc) is 2.38. The Labute approximate surface area is 107 Å². The van der Waals surface area contributed by atoms with Crippen LogP contribution in [0.2, 0.25) is 0 Å². The Morgan fingerprint density at radius 1 is 1.28 bits per heavy atom. The number of rotatable bonds is 6. The third-order valence-electron chi connectivity index (χ3n) is 2.66. The lowest BCUT2D eigenvalue weighted by Crippen LogP contribution is -2.30. The van der Waals surface area contributed by atoms with Crippen molar-refractivity contribution in [1.82, 2.24) is 4.90 Å². The van der Waals surface area contributed by atoms with E-state index in [1.807, 2.05) is 6.07 Å². The van der Waals surface area contributed by atoms with Gasteiger partial charge in [0, 0.05) is 13.6 Å². The van der Waals surface area contributed by atoms with Crippen LogP contribution in [0.15, 0.2) is 18.2 Å². The summed E-state index contributed by atoms with van der Waals surface area (Å²) in [6.45, 7) is 0.306. The Kier molecular flexibility index (Phi) is 5.45. The Bertz CT molecular complexity index is 406. The standard InChI is InChI=1S/C13H19NO4/c1-14(6-7-15)13(16)9-10-4-5-11(17-2)12(8-10)18-3/h4-5,8,15H,6-7,9H2,1-3H3. The minimum atomic E-state index is -0.0451. The molecule has 0 bridgehead atoms. The van der Waals surface area contributed by atoms with E-state index in [-0.39, 0.29) is 18.9 Å². The Morgan fingerprint density at radius 2 is 1.94 bits per heavy atom. The smallest absolute Gasteiger partial charge is 0.226 e. The average molecular weight is 253 g/mol. The van der Waals surface area contributed by atoms with Crippen LogP contribution in [0, 0.1) is 0 Å². The van der Waals surface area contributed by atoms with Crippen molar-refractivity contribution in [2.45, 2.75) is 6.42 Å². The molecule has 0 aromatic heterocycles. The lowest BCUT2D eigenvalue weighted by Gasteiger charge is -2.16. The predicted octanol–water partition coefficient (Wildman–Crippen LogP) is 0.697. The first-order valence-electron chi connectivity index (χ1n) is 5.68. The van der Waals surface area contributed by atoms with Gasteiger partial charge in [-0.05, 0) is 17.7 Å². The second-order valence-corrected chi connectivity index (χ2v) is 3.91. The summed E-state index contributed by atoms with van der Waals surface area (Å²) in [4.78, 5) is 13.3. The molecule has 5 nitrogen and oxygen atoms in total. The summed E-state index contributed by atoms with van der Waals surface area (Å²) in [7, 11) is 4.79. The van der Waals surface area contributed by atoms with E-state index in [4.69, 9.17) is 14.6 Å². The van der Waals surface area contributed by atoms with Crippen molar-refractivity contribution in [3.8, 4) is 11.5 Å². The number of hydrogen-bond acceptors (Lipinski definition) is 4. The van der Waals surface area contributed by atoms with Crippen LogP contribution >= 0.6 is 0 Å². The van der Waals surface area contributed by atoms with Gasteiger partial charge in [0.25, 0.3) is 0 Å². The van der Waals surface area contributed by atoms with E-state index in [0.717, 1.165) is 5.56 Å². The summed E-state index contributed by atoms with van der Waals surface area (Å²) in [5.74, 6) is 1.20. The molecule has 1 N–H and O–H groups in total. The molecule has 1 aromatic carbocycles. The van der Waals surface area contributed by atoms with E-state index in [2.05, 4.69) is 0 Å². The maximum Gasteiger partial charge on any atom is 0.226 e. The van der Waals surface area contributed by atoms with Crippen LogP contribution in [-0.4, -0.2) is 50.3 Å². The number of ether oxygens (including phenoxy) is 2. The number of hydrogen-bond donors (Lipinski definition) is 1. The fourth-order valence-corrected chi connectivity index (χ4v) is 1.57. The molecule has 0 spiro atoms. The SMILES string of the molecule is COc1ccc(CC(=O)N(C)CCO)cc1OC. The molecule has 0 aliphatic heterocycles. The molecule has 0 fully saturated rings. The number of carbonyl (C=O) groups excluding carboxylic acids is 1. The van der Waals surface area contributed by atoms with Crippen molar-refractivity contribution in [2.24, 2.45) is 0 Å². The molecule has 0 heterocycles. The van der Waals surface area contributed by atoms with Crippen molar-refractivity contribution in [2.75, 3.05) is 34.4 Å². The normalized spacial score (nSPS) is 10.0. The molecule has 0 saturated heterocycles. The molecule has 0 atom stereocenters.